The van der Waals surface area contributed by atoms with Crippen molar-refractivity contribution >= 4 is 23.6 Å². The molecule has 23 heavy (non-hydrogen) atoms. The highest BCUT2D eigenvalue weighted by molar-refractivity contribution is 6.29. The zero-order valence-electron chi connectivity index (χ0n) is 12.7. The topological polar surface area (TPSA) is 49.4 Å². The zero-order chi connectivity index (χ0) is 16.2. The van der Waals surface area contributed by atoms with Crippen LogP contribution in [0.1, 0.15) is 11.1 Å². The van der Waals surface area contributed by atoms with Crippen molar-refractivity contribution in [2.24, 2.45) is 0 Å². The number of benzene rings is 2. The first-order valence-corrected chi connectivity index (χ1v) is 7.31. The van der Waals surface area contributed by atoms with Crippen LogP contribution in [0.4, 0.5) is 5.69 Å². The van der Waals surface area contributed by atoms with Gasteiger partial charge in [-0.1, -0.05) is 60.2 Å². The van der Waals surface area contributed by atoms with E-state index < -0.39 is 5.91 Å². The molecule has 1 N–H and O–H groups in total. The first kappa shape index (κ1) is 14.8. The molecule has 2 aromatic carbocycles. The number of nitrogens with zero attached hydrogens (tertiary/aromatic N) is 1. The van der Waals surface area contributed by atoms with Gasteiger partial charge in [0.25, 0.3) is 11.8 Å². The number of rotatable bonds is 3. The number of aryl methyl sites for hydroxylation is 1. The number of hydrogen-bond acceptors (Lipinski definition) is 2. The van der Waals surface area contributed by atoms with Gasteiger partial charge in [-0.05, 0) is 30.7 Å². The summed E-state index contributed by atoms with van der Waals surface area (Å²) < 4.78 is 0. The second kappa shape index (κ2) is 6.32. The lowest BCUT2D eigenvalue weighted by molar-refractivity contribution is -0.117. The van der Waals surface area contributed by atoms with Crippen LogP contribution >= 0.6 is 0 Å². The molecule has 1 fully saturated rings. The molecule has 1 saturated heterocycles. The van der Waals surface area contributed by atoms with Crippen molar-refractivity contribution in [3.05, 3.63) is 83.4 Å². The minimum atomic E-state index is -0.395. The highest BCUT2D eigenvalue weighted by Crippen LogP contribution is 2.20. The van der Waals surface area contributed by atoms with Crippen LogP contribution in [0.25, 0.3) is 6.08 Å². The fourth-order valence-corrected chi connectivity index (χ4v) is 2.27. The highest BCUT2D eigenvalue weighted by Gasteiger charge is 2.33. The number of allylic oxidation sites excluding steroid dienone is 2. The standard InChI is InChI=1S/C19H16N2O2/c1-14-10-12-16(13-11-14)21-19(23)17(18(22)20-21)9-5-8-15-6-3-2-4-7-15/h2-13H,1H3,(H,20,22). The number of carbonyl (C=O) groups excluding carboxylic acids is 2. The summed E-state index contributed by atoms with van der Waals surface area (Å²) >= 11 is 0. The molecule has 0 aliphatic carbocycles. The molecule has 114 valence electrons. The smallest absolute Gasteiger partial charge is 0.267 e. The van der Waals surface area contributed by atoms with Crippen LogP contribution < -0.4 is 10.4 Å². The predicted molar refractivity (Wildman–Crippen MR) is 90.4 cm³/mol. The molecule has 0 saturated carbocycles. The monoisotopic (exact) mass is 304 g/mol. The Bertz CT molecular complexity index is 790. The van der Waals surface area contributed by atoms with Crippen LogP contribution in [0.2, 0.25) is 0 Å². The number of hydrogen-bond donors (Lipinski definition) is 1. The maximum atomic E-state index is 12.4. The number of nitrogens with one attached hydrogen (secondary N) is 1. The quantitative estimate of drug-likeness (QED) is 0.700. The van der Waals surface area contributed by atoms with Crippen LogP contribution in [0.15, 0.2) is 72.3 Å². The average Bonchev–Trinajstić information content (AvgIpc) is 2.85. The Morgan fingerprint density at radius 1 is 0.957 bits per heavy atom. The van der Waals surface area contributed by atoms with Crippen LogP contribution in [-0.4, -0.2) is 11.8 Å². The molecule has 0 aromatic heterocycles. The Hall–Kier alpha value is -3.14. The second-order valence-electron chi connectivity index (χ2n) is 5.27. The van der Waals surface area contributed by atoms with Crippen molar-refractivity contribution in [1.82, 2.24) is 5.43 Å². The number of amides is 2. The Labute approximate surface area is 134 Å². The van der Waals surface area contributed by atoms with Crippen LogP contribution in [0.3, 0.4) is 0 Å². The van der Waals surface area contributed by atoms with Crippen molar-refractivity contribution in [1.29, 1.82) is 0 Å². The second-order valence-corrected chi connectivity index (χ2v) is 5.27. The van der Waals surface area contributed by atoms with Crippen LogP contribution in [0.5, 0.6) is 0 Å². The molecule has 0 atom stereocenters. The van der Waals surface area contributed by atoms with Gasteiger partial charge in [0.05, 0.1) is 5.69 Å². The summed E-state index contributed by atoms with van der Waals surface area (Å²) in [6, 6.07) is 17.1. The van der Waals surface area contributed by atoms with Gasteiger partial charge >= 0.3 is 0 Å². The predicted octanol–water partition coefficient (Wildman–Crippen LogP) is 3.01. The van der Waals surface area contributed by atoms with Crippen LogP contribution in [0, 0.1) is 6.92 Å². The van der Waals surface area contributed by atoms with Gasteiger partial charge in [0.15, 0.2) is 0 Å². The molecule has 2 aromatic rings. The van der Waals surface area contributed by atoms with Crippen molar-refractivity contribution < 1.29 is 9.59 Å². The molecule has 0 radical (unpaired) electrons. The number of carbonyl (C=O) groups is 2. The lowest BCUT2D eigenvalue weighted by Crippen LogP contribution is -2.35. The van der Waals surface area contributed by atoms with E-state index in [-0.39, 0.29) is 11.5 Å². The van der Waals surface area contributed by atoms with Crippen molar-refractivity contribution in [2.75, 3.05) is 5.01 Å². The summed E-state index contributed by atoms with van der Waals surface area (Å²) in [7, 11) is 0. The third kappa shape index (κ3) is 3.21. The van der Waals surface area contributed by atoms with Gasteiger partial charge in [0.2, 0.25) is 0 Å². The maximum absolute atomic E-state index is 12.4. The normalized spacial score (nSPS) is 16.4. The van der Waals surface area contributed by atoms with Crippen molar-refractivity contribution in [3.63, 3.8) is 0 Å². The molecule has 1 aliphatic heterocycles. The molecule has 2 amide bonds. The molecule has 4 nitrogen and oxygen atoms in total. The van der Waals surface area contributed by atoms with Crippen LogP contribution in [-0.2, 0) is 9.59 Å². The third-order valence-electron chi connectivity index (χ3n) is 3.53. The van der Waals surface area contributed by atoms with Crippen molar-refractivity contribution in [2.45, 2.75) is 6.92 Å². The van der Waals surface area contributed by atoms with E-state index in [1.54, 1.807) is 24.3 Å². The van der Waals surface area contributed by atoms with Gasteiger partial charge in [0.1, 0.15) is 5.57 Å². The Morgan fingerprint density at radius 3 is 2.35 bits per heavy atom. The molecular weight excluding hydrogens is 288 g/mol. The van der Waals surface area contributed by atoms with E-state index in [1.807, 2.05) is 55.5 Å². The first-order valence-electron chi connectivity index (χ1n) is 7.31. The first-order chi connectivity index (χ1) is 11.1. The minimum Gasteiger partial charge on any atom is -0.267 e. The van der Waals surface area contributed by atoms with Gasteiger partial charge in [-0.15, -0.1) is 0 Å². The Kier molecular flexibility index (Phi) is 4.06. The van der Waals surface area contributed by atoms with Gasteiger partial charge in [-0.2, -0.15) is 0 Å². The van der Waals surface area contributed by atoms with E-state index in [4.69, 9.17) is 0 Å². The SMILES string of the molecule is Cc1ccc(N2NC(=O)C(=CC=Cc3ccccc3)C2=O)cc1. The summed E-state index contributed by atoms with van der Waals surface area (Å²) in [4.78, 5) is 24.4. The third-order valence-corrected chi connectivity index (χ3v) is 3.53. The average molecular weight is 304 g/mol. The molecule has 3 rings (SSSR count). The van der Waals surface area contributed by atoms with Gasteiger partial charge in [0, 0.05) is 0 Å². The molecular formula is C19H16N2O2. The highest BCUT2D eigenvalue weighted by atomic mass is 16.2. The van der Waals surface area contributed by atoms with Crippen molar-refractivity contribution in [3.8, 4) is 0 Å². The lowest BCUT2D eigenvalue weighted by Gasteiger charge is -2.14. The molecule has 1 heterocycles. The van der Waals surface area contributed by atoms with E-state index in [2.05, 4.69) is 5.43 Å². The molecule has 0 bridgehead atoms. The van der Waals surface area contributed by atoms with E-state index in [0.717, 1.165) is 11.1 Å². The van der Waals surface area contributed by atoms with E-state index >= 15 is 0 Å². The summed E-state index contributed by atoms with van der Waals surface area (Å²) in [5.74, 6) is -0.746. The van der Waals surface area contributed by atoms with E-state index in [9.17, 15) is 9.59 Å². The molecule has 4 heteroatoms. The number of anilines is 1. The molecule has 1 aliphatic rings. The summed E-state index contributed by atoms with van der Waals surface area (Å²) in [6.07, 6.45) is 5.10. The fourth-order valence-electron chi connectivity index (χ4n) is 2.27. The lowest BCUT2D eigenvalue weighted by atomic mass is 10.2. The fraction of sp³-hybridized carbons (Fsp3) is 0.0526. The molecule has 0 unspecified atom stereocenters. The Balaban J connectivity index is 1.80. The van der Waals surface area contributed by atoms with Gasteiger partial charge in [-0.3, -0.25) is 15.0 Å². The number of hydrazine groups is 1. The minimum absolute atomic E-state index is 0.123. The van der Waals surface area contributed by atoms with E-state index in [0.29, 0.717) is 5.69 Å². The van der Waals surface area contributed by atoms with Gasteiger partial charge < -0.3 is 0 Å². The Morgan fingerprint density at radius 2 is 1.65 bits per heavy atom. The summed E-state index contributed by atoms with van der Waals surface area (Å²) in [6.45, 7) is 1.97. The maximum Gasteiger partial charge on any atom is 0.282 e. The summed E-state index contributed by atoms with van der Waals surface area (Å²) in [5, 5.41) is 1.27. The van der Waals surface area contributed by atoms with E-state index in [1.165, 1.54) is 5.01 Å². The largest absolute Gasteiger partial charge is 0.282 e. The zero-order valence-corrected chi connectivity index (χ0v) is 12.7. The molecule has 0 spiro atoms. The van der Waals surface area contributed by atoms with Gasteiger partial charge in [-0.25, -0.2) is 5.01 Å². The summed E-state index contributed by atoms with van der Waals surface area (Å²) in [5.41, 5.74) is 5.44.